The Labute approximate surface area is 76.5 Å². The highest BCUT2D eigenvalue weighted by Crippen LogP contribution is 2.32. The summed E-state index contributed by atoms with van der Waals surface area (Å²) >= 11 is 0. The topological polar surface area (TPSA) is 57.6 Å². The van der Waals surface area contributed by atoms with Crippen molar-refractivity contribution in [2.75, 3.05) is 0 Å². The van der Waals surface area contributed by atoms with Crippen LogP contribution in [-0.2, 0) is 9.59 Å². The SMILES string of the molecule is O=C(O)[C@@H]1CCCC[C@H]2CC(=O)N21. The number of carbonyl (C=O) groups excluding carboxylic acids is 1. The minimum Gasteiger partial charge on any atom is -0.480 e. The van der Waals surface area contributed by atoms with Gasteiger partial charge in [-0.05, 0) is 12.8 Å². The van der Waals surface area contributed by atoms with Gasteiger partial charge in [0.25, 0.3) is 0 Å². The number of fused-ring (bicyclic) bond motifs is 1. The average molecular weight is 183 g/mol. The second kappa shape index (κ2) is 3.01. The van der Waals surface area contributed by atoms with Gasteiger partial charge in [-0.2, -0.15) is 0 Å². The van der Waals surface area contributed by atoms with E-state index in [1.54, 1.807) is 4.90 Å². The van der Waals surface area contributed by atoms with E-state index in [4.69, 9.17) is 5.11 Å². The summed E-state index contributed by atoms with van der Waals surface area (Å²) in [5, 5.41) is 8.91. The van der Waals surface area contributed by atoms with Crippen LogP contribution in [-0.4, -0.2) is 34.0 Å². The van der Waals surface area contributed by atoms with Crippen LogP contribution in [0, 0.1) is 0 Å². The summed E-state index contributed by atoms with van der Waals surface area (Å²) in [6.45, 7) is 0. The highest BCUT2D eigenvalue weighted by atomic mass is 16.4. The lowest BCUT2D eigenvalue weighted by Gasteiger charge is -2.42. The summed E-state index contributed by atoms with van der Waals surface area (Å²) < 4.78 is 0. The third-order valence-electron chi connectivity index (χ3n) is 2.98. The number of carbonyl (C=O) groups is 2. The van der Waals surface area contributed by atoms with Crippen molar-refractivity contribution in [2.24, 2.45) is 0 Å². The molecule has 0 radical (unpaired) electrons. The van der Waals surface area contributed by atoms with Gasteiger partial charge in [-0.25, -0.2) is 4.79 Å². The molecule has 2 aliphatic heterocycles. The molecular formula is C9H13NO3. The van der Waals surface area contributed by atoms with Crippen LogP contribution in [0.2, 0.25) is 0 Å². The molecule has 13 heavy (non-hydrogen) atoms. The third-order valence-corrected chi connectivity index (χ3v) is 2.98. The number of carboxylic acid groups (broad SMARTS) is 1. The zero-order valence-electron chi connectivity index (χ0n) is 7.40. The van der Waals surface area contributed by atoms with Crippen molar-refractivity contribution >= 4 is 11.9 Å². The zero-order valence-corrected chi connectivity index (χ0v) is 7.40. The fraction of sp³-hybridized carbons (Fsp3) is 0.778. The van der Waals surface area contributed by atoms with Crippen LogP contribution in [0.25, 0.3) is 0 Å². The van der Waals surface area contributed by atoms with E-state index in [0.29, 0.717) is 12.8 Å². The zero-order chi connectivity index (χ0) is 9.42. The first kappa shape index (κ1) is 8.53. The van der Waals surface area contributed by atoms with Gasteiger partial charge in [-0.1, -0.05) is 12.8 Å². The maximum Gasteiger partial charge on any atom is 0.326 e. The van der Waals surface area contributed by atoms with Crippen LogP contribution < -0.4 is 0 Å². The lowest BCUT2D eigenvalue weighted by Crippen LogP contribution is -2.58. The van der Waals surface area contributed by atoms with Gasteiger partial charge in [0, 0.05) is 12.5 Å². The van der Waals surface area contributed by atoms with Gasteiger partial charge >= 0.3 is 5.97 Å². The molecule has 4 heteroatoms. The summed E-state index contributed by atoms with van der Waals surface area (Å²) in [7, 11) is 0. The second-order valence-corrected chi connectivity index (χ2v) is 3.80. The number of aliphatic carboxylic acids is 1. The predicted molar refractivity (Wildman–Crippen MR) is 45.1 cm³/mol. The molecule has 0 aromatic heterocycles. The average Bonchev–Trinajstić information content (AvgIpc) is 2.22. The van der Waals surface area contributed by atoms with Gasteiger partial charge < -0.3 is 10.0 Å². The van der Waals surface area contributed by atoms with Crippen LogP contribution >= 0.6 is 0 Å². The van der Waals surface area contributed by atoms with Crippen molar-refractivity contribution < 1.29 is 14.7 Å². The van der Waals surface area contributed by atoms with E-state index in [1.807, 2.05) is 0 Å². The molecule has 2 aliphatic rings. The van der Waals surface area contributed by atoms with E-state index in [-0.39, 0.29) is 11.9 Å². The van der Waals surface area contributed by atoms with Crippen molar-refractivity contribution in [3.05, 3.63) is 0 Å². The molecule has 1 amide bonds. The van der Waals surface area contributed by atoms with Gasteiger partial charge in [0.15, 0.2) is 0 Å². The standard InChI is InChI=1S/C9H13NO3/c11-8-5-6-3-1-2-4-7(9(12)13)10(6)8/h6-7H,1-5H2,(H,12,13)/t6-,7-/m0/s1. The van der Waals surface area contributed by atoms with Crippen molar-refractivity contribution in [1.82, 2.24) is 4.90 Å². The molecule has 0 aliphatic carbocycles. The number of amides is 1. The van der Waals surface area contributed by atoms with Crippen LogP contribution in [0.3, 0.4) is 0 Å². The first-order chi connectivity index (χ1) is 6.20. The molecule has 2 saturated heterocycles. The van der Waals surface area contributed by atoms with Crippen molar-refractivity contribution in [1.29, 1.82) is 0 Å². The summed E-state index contributed by atoms with van der Waals surface area (Å²) in [5.74, 6) is -0.834. The third kappa shape index (κ3) is 1.30. The molecule has 1 N–H and O–H groups in total. The number of hydrogen-bond donors (Lipinski definition) is 1. The van der Waals surface area contributed by atoms with Crippen LogP contribution in [0.4, 0.5) is 0 Å². The number of hydrogen-bond acceptors (Lipinski definition) is 2. The highest BCUT2D eigenvalue weighted by molar-refractivity contribution is 5.88. The van der Waals surface area contributed by atoms with Gasteiger partial charge in [-0.3, -0.25) is 4.79 Å². The van der Waals surface area contributed by atoms with E-state index in [0.717, 1.165) is 19.3 Å². The molecule has 4 nitrogen and oxygen atoms in total. The summed E-state index contributed by atoms with van der Waals surface area (Å²) in [4.78, 5) is 23.6. The summed E-state index contributed by atoms with van der Waals surface area (Å²) in [5.41, 5.74) is 0. The Morgan fingerprint density at radius 1 is 1.38 bits per heavy atom. The Balaban J connectivity index is 2.14. The van der Waals surface area contributed by atoms with Crippen LogP contribution in [0.15, 0.2) is 0 Å². The second-order valence-electron chi connectivity index (χ2n) is 3.80. The fourth-order valence-electron chi connectivity index (χ4n) is 2.27. The molecule has 0 aromatic carbocycles. The van der Waals surface area contributed by atoms with E-state index < -0.39 is 12.0 Å². The Hall–Kier alpha value is -1.06. The quantitative estimate of drug-likeness (QED) is 0.606. The molecular weight excluding hydrogens is 170 g/mol. The number of β-lactam (4-membered cyclic amide) rings is 1. The minimum atomic E-state index is -0.847. The van der Waals surface area contributed by atoms with E-state index >= 15 is 0 Å². The maximum atomic E-state index is 11.2. The molecule has 2 fully saturated rings. The normalized spacial score (nSPS) is 33.2. The number of nitrogens with zero attached hydrogens (tertiary/aromatic N) is 1. The van der Waals surface area contributed by atoms with E-state index in [9.17, 15) is 9.59 Å². The predicted octanol–water partition coefficient (Wildman–Crippen LogP) is 0.615. The molecule has 72 valence electrons. The van der Waals surface area contributed by atoms with Crippen LogP contribution in [0.1, 0.15) is 32.1 Å². The monoisotopic (exact) mass is 183 g/mol. The lowest BCUT2D eigenvalue weighted by molar-refractivity contribution is -0.161. The highest BCUT2D eigenvalue weighted by Gasteiger charge is 2.44. The number of carboxylic acids is 1. The molecule has 0 aromatic rings. The van der Waals surface area contributed by atoms with E-state index in [2.05, 4.69) is 0 Å². The molecule has 0 unspecified atom stereocenters. The molecule has 0 saturated carbocycles. The fourth-order valence-corrected chi connectivity index (χ4v) is 2.27. The Morgan fingerprint density at radius 2 is 2.08 bits per heavy atom. The molecule has 2 atom stereocenters. The Morgan fingerprint density at radius 3 is 2.69 bits per heavy atom. The number of rotatable bonds is 1. The first-order valence-corrected chi connectivity index (χ1v) is 4.74. The van der Waals surface area contributed by atoms with E-state index in [1.165, 1.54) is 0 Å². The smallest absolute Gasteiger partial charge is 0.326 e. The van der Waals surface area contributed by atoms with Gasteiger partial charge in [0.1, 0.15) is 6.04 Å². The Kier molecular flexibility index (Phi) is 1.98. The van der Waals surface area contributed by atoms with Gasteiger partial charge in [-0.15, -0.1) is 0 Å². The maximum absolute atomic E-state index is 11.2. The first-order valence-electron chi connectivity index (χ1n) is 4.74. The van der Waals surface area contributed by atoms with Crippen molar-refractivity contribution in [2.45, 2.75) is 44.2 Å². The van der Waals surface area contributed by atoms with Crippen molar-refractivity contribution in [3.8, 4) is 0 Å². The Bertz CT molecular complexity index is 243. The largest absolute Gasteiger partial charge is 0.480 e. The summed E-state index contributed by atoms with van der Waals surface area (Å²) in [6.07, 6.45) is 4.15. The van der Waals surface area contributed by atoms with Gasteiger partial charge in [0.05, 0.1) is 0 Å². The molecule has 0 spiro atoms. The summed E-state index contributed by atoms with van der Waals surface area (Å²) in [6, 6.07) is -0.329. The van der Waals surface area contributed by atoms with Crippen molar-refractivity contribution in [3.63, 3.8) is 0 Å². The van der Waals surface area contributed by atoms with Crippen LogP contribution in [0.5, 0.6) is 0 Å². The molecule has 2 rings (SSSR count). The minimum absolute atomic E-state index is 0.0132. The van der Waals surface area contributed by atoms with Gasteiger partial charge in [0.2, 0.25) is 5.91 Å². The molecule has 2 heterocycles. The lowest BCUT2D eigenvalue weighted by atomic mass is 9.97. The molecule has 0 bridgehead atoms.